The van der Waals surface area contributed by atoms with Crippen LogP contribution in [0.5, 0.6) is 0 Å². The third-order valence-electron chi connectivity index (χ3n) is 9.97. The average molecular weight is 824 g/mol. The van der Waals surface area contributed by atoms with Crippen molar-refractivity contribution in [3.8, 4) is 0 Å². The van der Waals surface area contributed by atoms with Gasteiger partial charge in [0.2, 0.25) is 0 Å². The molecule has 0 saturated heterocycles. The molecule has 3 N–H and O–H groups in total. The van der Waals surface area contributed by atoms with Gasteiger partial charge in [-0.2, -0.15) is 0 Å². The van der Waals surface area contributed by atoms with Gasteiger partial charge in [-0.05, 0) is 77.0 Å². The first kappa shape index (κ1) is 55.5. The summed E-state index contributed by atoms with van der Waals surface area (Å²) < 4.78 is 33.5. The second-order valence-electron chi connectivity index (χ2n) is 15.6. The van der Waals surface area contributed by atoms with E-state index in [1.165, 1.54) is 135 Å². The van der Waals surface area contributed by atoms with Crippen LogP contribution in [0.3, 0.4) is 0 Å². The molecule has 0 aromatic carbocycles. The van der Waals surface area contributed by atoms with Crippen molar-refractivity contribution >= 4 is 13.8 Å². The second kappa shape index (κ2) is 45.5. The molecule has 9 heteroatoms. The maximum atomic E-state index is 12.6. The Hall–Kier alpha value is -1.54. The number of nitrogens with two attached hydrogens (primary N) is 1. The Balaban J connectivity index is 3.97. The summed E-state index contributed by atoms with van der Waals surface area (Å²) in [5, 5.41) is 0. The highest BCUT2D eigenvalue weighted by atomic mass is 31.2. The minimum Gasteiger partial charge on any atom is -0.457 e. The van der Waals surface area contributed by atoms with Crippen LogP contribution in [0.1, 0.15) is 213 Å². The lowest BCUT2D eigenvalue weighted by Crippen LogP contribution is -2.28. The van der Waals surface area contributed by atoms with Gasteiger partial charge in [0.25, 0.3) is 0 Å². The molecular weight excluding hydrogens is 734 g/mol. The molecule has 57 heavy (non-hydrogen) atoms. The summed E-state index contributed by atoms with van der Waals surface area (Å²) in [4.78, 5) is 22.5. The van der Waals surface area contributed by atoms with Crippen LogP contribution in [0.15, 0.2) is 48.6 Å². The Bertz CT molecular complexity index is 1010. The smallest absolute Gasteiger partial charge is 0.457 e. The maximum absolute atomic E-state index is 12.6. The number of hydrogen-bond acceptors (Lipinski definition) is 7. The van der Waals surface area contributed by atoms with E-state index in [4.69, 9.17) is 24.3 Å². The molecular formula is C48H90NO7P. The topological polar surface area (TPSA) is 117 Å². The summed E-state index contributed by atoms with van der Waals surface area (Å²) in [5.41, 5.74) is 5.37. The van der Waals surface area contributed by atoms with Crippen LogP contribution in [-0.4, -0.2) is 49.9 Å². The lowest BCUT2D eigenvalue weighted by Gasteiger charge is -2.20. The molecule has 0 aliphatic carbocycles. The zero-order valence-electron chi connectivity index (χ0n) is 37.1. The van der Waals surface area contributed by atoms with Gasteiger partial charge in [0.15, 0.2) is 0 Å². The number of esters is 1. The first-order chi connectivity index (χ1) is 27.9. The molecule has 0 amide bonds. The molecule has 0 aliphatic rings. The molecule has 0 radical (unpaired) electrons. The molecule has 0 aromatic heterocycles. The predicted molar refractivity (Wildman–Crippen MR) is 243 cm³/mol. The van der Waals surface area contributed by atoms with E-state index >= 15 is 0 Å². The number of carbonyl (C=O) groups excluding carboxylic acids is 1. The molecule has 0 bridgehead atoms. The van der Waals surface area contributed by atoms with Crippen molar-refractivity contribution in [1.29, 1.82) is 0 Å². The number of rotatable bonds is 45. The van der Waals surface area contributed by atoms with Crippen molar-refractivity contribution in [2.24, 2.45) is 5.73 Å². The minimum atomic E-state index is -4.28. The standard InChI is InChI=1S/C48H90NO7P/c1-3-5-7-9-11-13-15-17-19-20-21-22-23-24-25-26-27-28-30-32-34-36-38-40-43-53-45-47(46-55-57(51,52)54-44-42-49)56-48(50)41-39-37-35-33-31-29-18-16-14-12-10-8-6-4-2/h15-18,20-21,23-24,47H,3-14,19,22,25-46,49H2,1-2H3,(H,51,52)/b17-15-,18-16-,21-20-,24-23-. The molecule has 0 saturated carbocycles. The lowest BCUT2D eigenvalue weighted by atomic mass is 10.1. The van der Waals surface area contributed by atoms with Gasteiger partial charge in [-0.3, -0.25) is 13.8 Å². The molecule has 2 unspecified atom stereocenters. The van der Waals surface area contributed by atoms with Crippen LogP contribution in [0, 0.1) is 0 Å². The third kappa shape index (κ3) is 45.4. The van der Waals surface area contributed by atoms with Gasteiger partial charge in [-0.15, -0.1) is 0 Å². The fourth-order valence-corrected chi connectivity index (χ4v) is 7.23. The monoisotopic (exact) mass is 824 g/mol. The van der Waals surface area contributed by atoms with Crippen molar-refractivity contribution in [3.63, 3.8) is 0 Å². The summed E-state index contributed by atoms with van der Waals surface area (Å²) >= 11 is 0. The predicted octanol–water partition coefficient (Wildman–Crippen LogP) is 14.4. The van der Waals surface area contributed by atoms with Crippen LogP contribution in [-0.2, 0) is 27.9 Å². The summed E-state index contributed by atoms with van der Waals surface area (Å²) in [6, 6.07) is 0. The highest BCUT2D eigenvalue weighted by Crippen LogP contribution is 2.43. The summed E-state index contributed by atoms with van der Waals surface area (Å²) in [7, 11) is -4.28. The Morgan fingerprint density at radius 3 is 1.40 bits per heavy atom. The number of phosphoric acid groups is 1. The van der Waals surface area contributed by atoms with Crippen LogP contribution in [0.25, 0.3) is 0 Å². The molecule has 334 valence electrons. The first-order valence-corrected chi connectivity index (χ1v) is 25.1. The van der Waals surface area contributed by atoms with Gasteiger partial charge >= 0.3 is 13.8 Å². The van der Waals surface area contributed by atoms with E-state index in [9.17, 15) is 14.3 Å². The molecule has 0 aliphatic heterocycles. The fourth-order valence-electron chi connectivity index (χ4n) is 6.47. The Labute approximate surface area is 351 Å². The van der Waals surface area contributed by atoms with E-state index in [0.29, 0.717) is 13.0 Å². The van der Waals surface area contributed by atoms with Crippen LogP contribution in [0.4, 0.5) is 0 Å². The normalized spacial score (nSPS) is 13.8. The summed E-state index contributed by atoms with van der Waals surface area (Å²) in [6.07, 6.45) is 54.2. The maximum Gasteiger partial charge on any atom is 0.472 e. The SMILES string of the molecule is CCCCCCC/C=C\C/C=C\C/C=C\CCCCCCCCCCCOCC(COP(=O)(O)OCCN)OC(=O)CCCCCCC/C=C\CCCCCCC. The first-order valence-electron chi connectivity index (χ1n) is 23.6. The Kier molecular flexibility index (Phi) is 44.3. The number of carbonyl (C=O) groups is 1. The second-order valence-corrected chi connectivity index (χ2v) is 17.1. The van der Waals surface area contributed by atoms with E-state index in [1.807, 2.05) is 0 Å². The molecule has 0 heterocycles. The number of unbranched alkanes of at least 4 members (excludes halogenated alkanes) is 24. The Morgan fingerprint density at radius 1 is 0.526 bits per heavy atom. The van der Waals surface area contributed by atoms with Crippen molar-refractivity contribution < 1.29 is 32.8 Å². The summed E-state index contributed by atoms with van der Waals surface area (Å²) in [5.74, 6) is -0.341. The Morgan fingerprint density at radius 2 is 0.930 bits per heavy atom. The zero-order valence-corrected chi connectivity index (χ0v) is 38.0. The van der Waals surface area contributed by atoms with Crippen LogP contribution >= 0.6 is 7.82 Å². The van der Waals surface area contributed by atoms with Crippen molar-refractivity contribution in [3.05, 3.63) is 48.6 Å². The van der Waals surface area contributed by atoms with Gasteiger partial charge in [-0.25, -0.2) is 4.57 Å². The number of hydrogen-bond donors (Lipinski definition) is 2. The van der Waals surface area contributed by atoms with Crippen molar-refractivity contribution in [2.75, 3.05) is 33.0 Å². The number of allylic oxidation sites excluding steroid dienone is 8. The third-order valence-corrected chi connectivity index (χ3v) is 11.0. The van der Waals surface area contributed by atoms with Gasteiger partial charge < -0.3 is 20.1 Å². The van der Waals surface area contributed by atoms with Gasteiger partial charge in [0, 0.05) is 19.6 Å². The van der Waals surface area contributed by atoms with E-state index in [0.717, 1.165) is 57.8 Å². The van der Waals surface area contributed by atoms with E-state index in [1.54, 1.807) is 0 Å². The molecule has 0 spiro atoms. The highest BCUT2D eigenvalue weighted by Gasteiger charge is 2.25. The van der Waals surface area contributed by atoms with Gasteiger partial charge in [-0.1, -0.05) is 178 Å². The molecule has 0 fully saturated rings. The number of ether oxygens (including phenoxy) is 2. The number of phosphoric ester groups is 1. The van der Waals surface area contributed by atoms with Gasteiger partial charge in [0.1, 0.15) is 6.10 Å². The quantitative estimate of drug-likeness (QED) is 0.0270. The van der Waals surface area contributed by atoms with Crippen LogP contribution < -0.4 is 5.73 Å². The zero-order chi connectivity index (χ0) is 41.6. The van der Waals surface area contributed by atoms with Crippen molar-refractivity contribution in [2.45, 2.75) is 219 Å². The minimum absolute atomic E-state index is 0.0969. The molecule has 8 nitrogen and oxygen atoms in total. The molecule has 0 rings (SSSR count). The largest absolute Gasteiger partial charge is 0.472 e. The van der Waals surface area contributed by atoms with Crippen LogP contribution in [0.2, 0.25) is 0 Å². The fraction of sp³-hybridized carbons (Fsp3) is 0.812. The lowest BCUT2D eigenvalue weighted by molar-refractivity contribution is -0.154. The van der Waals surface area contributed by atoms with Gasteiger partial charge in [0.05, 0.1) is 19.8 Å². The summed E-state index contributed by atoms with van der Waals surface area (Å²) in [6.45, 7) is 4.89. The van der Waals surface area contributed by atoms with Crippen molar-refractivity contribution in [1.82, 2.24) is 0 Å². The molecule has 0 aromatic rings. The molecule has 2 atom stereocenters. The van der Waals surface area contributed by atoms with E-state index in [2.05, 4.69) is 62.5 Å². The average Bonchev–Trinajstić information content (AvgIpc) is 3.20. The highest BCUT2D eigenvalue weighted by molar-refractivity contribution is 7.47. The van der Waals surface area contributed by atoms with E-state index in [-0.39, 0.29) is 32.3 Å². The van der Waals surface area contributed by atoms with E-state index < -0.39 is 13.9 Å².